The summed E-state index contributed by atoms with van der Waals surface area (Å²) < 4.78 is 34.4. The minimum Gasteiger partial charge on any atom is -0.405 e. The van der Waals surface area contributed by atoms with E-state index in [4.69, 9.17) is 15.5 Å². The molecule has 3 heterocycles. The molecule has 1 aliphatic heterocycles. The monoisotopic (exact) mass is 465 g/mol. The highest BCUT2D eigenvalue weighted by molar-refractivity contribution is 5.74. The third-order valence-electron chi connectivity index (χ3n) is 5.37. The summed E-state index contributed by atoms with van der Waals surface area (Å²) in [5.74, 6) is 1.31. The Morgan fingerprint density at radius 2 is 1.82 bits per heavy atom. The Morgan fingerprint density at radius 3 is 2.39 bits per heavy atom. The molecule has 0 atom stereocenters. The van der Waals surface area contributed by atoms with Crippen molar-refractivity contribution in [3.63, 3.8) is 0 Å². The average Bonchev–Trinajstić information content (AvgIpc) is 3.57. The number of anilines is 1. The van der Waals surface area contributed by atoms with Gasteiger partial charge in [-0.05, 0) is 44.9 Å². The van der Waals surface area contributed by atoms with Crippen molar-refractivity contribution in [3.05, 3.63) is 29.9 Å². The summed E-state index contributed by atoms with van der Waals surface area (Å²) in [4.78, 5) is 24.9. The molecular formula is C22H30F3N7O. The van der Waals surface area contributed by atoms with Gasteiger partial charge in [0.15, 0.2) is 5.65 Å². The lowest BCUT2D eigenvalue weighted by Gasteiger charge is -2.29. The molecular weight excluding hydrogens is 435 g/mol. The summed E-state index contributed by atoms with van der Waals surface area (Å²) in [6.45, 7) is 1.44. The summed E-state index contributed by atoms with van der Waals surface area (Å²) in [6, 6.07) is 0.617. The van der Waals surface area contributed by atoms with Crippen LogP contribution in [0.25, 0.3) is 11.2 Å². The molecule has 11 heteroatoms. The first-order valence-corrected chi connectivity index (χ1v) is 11.1. The highest BCUT2D eigenvalue weighted by Crippen LogP contribution is 2.38. The van der Waals surface area contributed by atoms with Crippen LogP contribution in [0, 0.1) is 6.92 Å². The number of allylic oxidation sites excluding steroid dienone is 1. The predicted octanol–water partition coefficient (Wildman–Crippen LogP) is 3.70. The highest BCUT2D eigenvalue weighted by atomic mass is 19.4. The van der Waals surface area contributed by atoms with Gasteiger partial charge in [0.05, 0.1) is 30.6 Å². The second-order valence-electron chi connectivity index (χ2n) is 7.98. The largest absolute Gasteiger partial charge is 0.405 e. The lowest BCUT2D eigenvalue weighted by molar-refractivity contribution is 0.00819. The normalized spacial score (nSPS) is 18.8. The molecule has 0 amide bonds. The number of halogens is 3. The van der Waals surface area contributed by atoms with Crippen LogP contribution < -0.4 is 10.6 Å². The number of nitrogens with zero attached hydrogens (tertiary/aromatic N) is 6. The van der Waals surface area contributed by atoms with Crippen LogP contribution in [-0.4, -0.2) is 65.2 Å². The van der Waals surface area contributed by atoms with Crippen molar-refractivity contribution in [3.8, 4) is 0 Å². The third-order valence-corrected chi connectivity index (χ3v) is 5.37. The predicted molar refractivity (Wildman–Crippen MR) is 121 cm³/mol. The van der Waals surface area contributed by atoms with Crippen molar-refractivity contribution in [2.45, 2.75) is 57.7 Å². The van der Waals surface area contributed by atoms with Gasteiger partial charge in [0, 0.05) is 31.4 Å². The number of morpholine rings is 1. The van der Waals surface area contributed by atoms with Gasteiger partial charge in [-0.1, -0.05) is 6.42 Å². The maximum Gasteiger partial charge on any atom is 0.379 e. The first-order chi connectivity index (χ1) is 16.0. The molecule has 0 bridgehead atoms. The van der Waals surface area contributed by atoms with Crippen molar-refractivity contribution in [2.75, 3.05) is 31.2 Å². The van der Waals surface area contributed by atoms with Gasteiger partial charge in [-0.25, -0.2) is 15.0 Å². The molecule has 2 aromatic heterocycles. The number of fused-ring (bicyclic) bond motifs is 1. The molecule has 3 fully saturated rings. The van der Waals surface area contributed by atoms with Crippen LogP contribution in [0.5, 0.6) is 0 Å². The van der Waals surface area contributed by atoms with E-state index < -0.39 is 6.68 Å². The van der Waals surface area contributed by atoms with Gasteiger partial charge < -0.3 is 15.4 Å². The van der Waals surface area contributed by atoms with Gasteiger partial charge in [-0.15, -0.1) is 0 Å². The molecule has 1 saturated heterocycles. The number of aromatic nitrogens is 4. The van der Waals surface area contributed by atoms with E-state index in [1.54, 1.807) is 12.3 Å². The van der Waals surface area contributed by atoms with Gasteiger partial charge in [-0.2, -0.15) is 18.2 Å². The summed E-state index contributed by atoms with van der Waals surface area (Å²) in [7, 11) is 0. The maximum absolute atomic E-state index is 9.67. The summed E-state index contributed by atoms with van der Waals surface area (Å²) in [5.41, 5.74) is 8.65. The molecule has 5 rings (SSSR count). The number of hydrogen-bond donors (Lipinski definition) is 1. The number of ether oxygens (including phenoxy) is 1. The smallest absolute Gasteiger partial charge is 0.379 e. The van der Waals surface area contributed by atoms with Crippen molar-refractivity contribution in [1.82, 2.24) is 19.9 Å². The number of aliphatic imine (C=N–C) groups is 1. The number of rotatable bonds is 4. The topological polar surface area (TPSA) is 102 Å². The lowest BCUT2D eigenvalue weighted by Crippen LogP contribution is -2.37. The fraction of sp³-hybridized carbons (Fsp3) is 0.591. The zero-order valence-corrected chi connectivity index (χ0v) is 18.7. The van der Waals surface area contributed by atoms with Crippen LogP contribution in [0.4, 0.5) is 19.1 Å². The van der Waals surface area contributed by atoms with Gasteiger partial charge in [0.2, 0.25) is 5.95 Å². The number of hydrogen-bond acceptors (Lipinski definition) is 8. The van der Waals surface area contributed by atoms with Crippen molar-refractivity contribution in [2.24, 2.45) is 10.7 Å². The first kappa shape index (κ1) is 24.8. The molecule has 3 aliphatic rings. The first-order valence-electron chi connectivity index (χ1n) is 11.1. The zero-order valence-electron chi connectivity index (χ0n) is 18.7. The molecule has 0 unspecified atom stereocenters. The Kier molecular flexibility index (Phi) is 9.35. The van der Waals surface area contributed by atoms with E-state index >= 15 is 0 Å². The quantitative estimate of drug-likeness (QED) is 0.687. The van der Waals surface area contributed by atoms with Gasteiger partial charge in [0.25, 0.3) is 0 Å². The second kappa shape index (κ2) is 12.4. The van der Waals surface area contributed by atoms with Crippen LogP contribution in [-0.2, 0) is 4.74 Å². The van der Waals surface area contributed by atoms with Crippen LogP contribution in [0.2, 0.25) is 0 Å². The third kappa shape index (κ3) is 7.92. The van der Waals surface area contributed by atoms with E-state index in [9.17, 15) is 13.2 Å². The van der Waals surface area contributed by atoms with Gasteiger partial charge in [0.1, 0.15) is 5.52 Å². The molecule has 2 N–H and O–H groups in total. The molecule has 0 spiro atoms. The van der Waals surface area contributed by atoms with Crippen molar-refractivity contribution in [1.29, 1.82) is 0 Å². The maximum atomic E-state index is 9.67. The molecule has 180 valence electrons. The fourth-order valence-corrected chi connectivity index (χ4v) is 3.32. The van der Waals surface area contributed by atoms with E-state index in [1.165, 1.54) is 38.3 Å². The second-order valence-corrected chi connectivity index (χ2v) is 7.98. The Balaban J connectivity index is 0.000000212. The summed E-state index contributed by atoms with van der Waals surface area (Å²) in [5, 5.41) is 0. The van der Waals surface area contributed by atoms with E-state index in [1.807, 2.05) is 13.1 Å². The van der Waals surface area contributed by atoms with E-state index in [2.05, 4.69) is 24.8 Å². The van der Waals surface area contributed by atoms with E-state index in [0.29, 0.717) is 12.0 Å². The van der Waals surface area contributed by atoms with Crippen LogP contribution in [0.3, 0.4) is 0 Å². The molecule has 0 aromatic carbocycles. The molecule has 2 aliphatic carbocycles. The zero-order chi connectivity index (χ0) is 23.6. The summed E-state index contributed by atoms with van der Waals surface area (Å²) in [6.07, 6.45) is 13.0. The molecule has 2 aromatic rings. The average molecular weight is 466 g/mol. The minimum atomic E-state index is -3.67. The van der Waals surface area contributed by atoms with Crippen LogP contribution in [0.15, 0.2) is 23.5 Å². The van der Waals surface area contributed by atoms with E-state index in [-0.39, 0.29) is 0 Å². The lowest BCUT2D eigenvalue weighted by atomic mass is 9.82. The highest BCUT2D eigenvalue weighted by Gasteiger charge is 2.26. The number of aryl methyl sites for hydroxylation is 1. The Bertz CT molecular complexity index is 940. The number of alkyl halides is 3. The Hall–Kier alpha value is -2.82. The molecule has 33 heavy (non-hydrogen) atoms. The van der Waals surface area contributed by atoms with Gasteiger partial charge in [-0.3, -0.25) is 4.99 Å². The standard InChI is InChI=1S/C15H19N5O.C6H10N2.CHF3/c1-10-9-16-13-12(11-3-2-4-11)18-15(19-14(13)17-10)20-5-7-21-8-6-20;7-4-1-5-8-6-2-3-6;2-1(3)4/h9,11H,2-8H2,1H3;1,4-6H,2-3,7H2;1H/b;4-1-,8-5?;. The van der Waals surface area contributed by atoms with Gasteiger partial charge >= 0.3 is 6.68 Å². The van der Waals surface area contributed by atoms with Crippen LogP contribution in [0.1, 0.15) is 49.4 Å². The number of nitrogens with two attached hydrogens (primary N) is 1. The SMILES string of the molecule is Cc1cnc2c(C3CCC3)nc(N3CCOCC3)nc2n1.FC(F)F.N/C=C\C=NC1CC1. The van der Waals surface area contributed by atoms with Crippen molar-refractivity contribution >= 4 is 23.3 Å². The van der Waals surface area contributed by atoms with Crippen molar-refractivity contribution < 1.29 is 17.9 Å². The minimum absolute atomic E-state index is 0.521. The Labute approximate surface area is 191 Å². The molecule has 0 radical (unpaired) electrons. The van der Waals surface area contributed by atoms with E-state index in [0.717, 1.165) is 54.8 Å². The van der Waals surface area contributed by atoms with Crippen LogP contribution >= 0.6 is 0 Å². The molecule has 2 saturated carbocycles. The Morgan fingerprint density at radius 1 is 1.12 bits per heavy atom. The fourth-order valence-electron chi connectivity index (χ4n) is 3.32. The summed E-state index contributed by atoms with van der Waals surface area (Å²) >= 11 is 0. The molecule has 8 nitrogen and oxygen atoms in total.